The molecule has 0 saturated carbocycles. The molecule has 2 N–H and O–H groups in total. The second-order valence-corrected chi connectivity index (χ2v) is 6.03. The third-order valence-corrected chi connectivity index (χ3v) is 4.36. The van der Waals surface area contributed by atoms with Crippen molar-refractivity contribution in [2.24, 2.45) is 0 Å². The highest BCUT2D eigenvalue weighted by Gasteiger charge is 2.32. The average Bonchev–Trinajstić information content (AvgIpc) is 3.15. The number of nitrogens with zero attached hydrogens (tertiary/aromatic N) is 1. The van der Waals surface area contributed by atoms with Gasteiger partial charge in [0.15, 0.2) is 0 Å². The van der Waals surface area contributed by atoms with Gasteiger partial charge in [-0.3, -0.25) is 0 Å². The van der Waals surface area contributed by atoms with Crippen molar-refractivity contribution in [1.29, 1.82) is 0 Å². The molecule has 0 bridgehead atoms. The zero-order valence-electron chi connectivity index (χ0n) is 13.9. The predicted molar refractivity (Wildman–Crippen MR) is 99.2 cm³/mol. The Kier molecular flexibility index (Phi) is 6.73. The molecular formula is C20H22ClFN2O. The van der Waals surface area contributed by atoms with Crippen molar-refractivity contribution < 1.29 is 9.50 Å². The van der Waals surface area contributed by atoms with Gasteiger partial charge in [0.05, 0.1) is 18.2 Å². The van der Waals surface area contributed by atoms with Crippen LogP contribution in [-0.4, -0.2) is 15.1 Å². The van der Waals surface area contributed by atoms with Crippen molar-refractivity contribution in [3.63, 3.8) is 0 Å². The van der Waals surface area contributed by atoms with Gasteiger partial charge in [0.1, 0.15) is 11.4 Å². The summed E-state index contributed by atoms with van der Waals surface area (Å²) in [5.74, 6) is -0.310. The summed E-state index contributed by atoms with van der Waals surface area (Å²) in [5.41, 5.74) is 1.42. The van der Waals surface area contributed by atoms with E-state index in [0.29, 0.717) is 17.7 Å². The molecule has 0 radical (unpaired) electrons. The van der Waals surface area contributed by atoms with E-state index in [2.05, 4.69) is 22.1 Å². The number of nitrogens with one attached hydrogen (secondary N) is 1. The van der Waals surface area contributed by atoms with Crippen LogP contribution in [0.25, 0.3) is 0 Å². The van der Waals surface area contributed by atoms with Crippen LogP contribution >= 0.6 is 12.4 Å². The number of hydrogen-bond donors (Lipinski definition) is 2. The topological polar surface area (TPSA) is 48.9 Å². The maximum atomic E-state index is 13.2. The Morgan fingerprint density at radius 1 is 1.00 bits per heavy atom. The largest absolute Gasteiger partial charge is 0.379 e. The molecule has 132 valence electrons. The van der Waals surface area contributed by atoms with Gasteiger partial charge in [-0.2, -0.15) is 0 Å². The van der Waals surface area contributed by atoms with E-state index in [-0.39, 0.29) is 18.2 Å². The lowest BCUT2D eigenvalue weighted by molar-refractivity contribution is 0.0640. The summed E-state index contributed by atoms with van der Waals surface area (Å²) in [6.45, 7) is 0. The smallest absolute Gasteiger partial charge is 0.131 e. The van der Waals surface area contributed by atoms with Crippen molar-refractivity contribution in [3.8, 4) is 0 Å². The van der Waals surface area contributed by atoms with Gasteiger partial charge in [-0.05, 0) is 48.9 Å². The highest BCUT2D eigenvalue weighted by Crippen LogP contribution is 2.33. The number of aliphatic hydroxyl groups is 1. The van der Waals surface area contributed by atoms with E-state index in [0.717, 1.165) is 19.3 Å². The zero-order chi connectivity index (χ0) is 16.8. The van der Waals surface area contributed by atoms with Crippen LogP contribution in [0.4, 0.5) is 4.39 Å². The first kappa shape index (κ1) is 19.2. The van der Waals surface area contributed by atoms with Crippen molar-refractivity contribution in [2.45, 2.75) is 31.3 Å². The Morgan fingerprint density at radius 2 is 1.72 bits per heavy atom. The summed E-state index contributed by atoms with van der Waals surface area (Å²) in [6, 6.07) is 16.3. The third-order valence-electron chi connectivity index (χ3n) is 4.36. The number of benzene rings is 2. The molecule has 5 heteroatoms. The number of H-pyrrole nitrogens is 1. The van der Waals surface area contributed by atoms with E-state index in [1.807, 2.05) is 18.2 Å². The SMILES string of the molecule is Cl.OC(CCCCc1ccccc1)(c1ccc(F)cc1)c1cnc[nH]1. The summed E-state index contributed by atoms with van der Waals surface area (Å²) in [7, 11) is 0. The molecule has 1 heterocycles. The van der Waals surface area contributed by atoms with Crippen molar-refractivity contribution in [1.82, 2.24) is 9.97 Å². The molecule has 3 nitrogen and oxygen atoms in total. The van der Waals surface area contributed by atoms with E-state index < -0.39 is 5.60 Å². The molecule has 0 saturated heterocycles. The van der Waals surface area contributed by atoms with Crippen molar-refractivity contribution in [2.75, 3.05) is 0 Å². The van der Waals surface area contributed by atoms with Crippen LogP contribution in [0.3, 0.4) is 0 Å². The summed E-state index contributed by atoms with van der Waals surface area (Å²) in [4.78, 5) is 7.01. The number of aromatic amines is 1. The minimum Gasteiger partial charge on any atom is -0.379 e. The fraction of sp³-hybridized carbons (Fsp3) is 0.250. The highest BCUT2D eigenvalue weighted by molar-refractivity contribution is 5.85. The van der Waals surface area contributed by atoms with E-state index in [4.69, 9.17) is 0 Å². The summed E-state index contributed by atoms with van der Waals surface area (Å²) in [6.07, 6.45) is 6.52. The first-order valence-electron chi connectivity index (χ1n) is 8.20. The lowest BCUT2D eigenvalue weighted by atomic mass is 9.85. The number of aryl methyl sites for hydroxylation is 1. The number of hydrogen-bond acceptors (Lipinski definition) is 2. The fourth-order valence-electron chi connectivity index (χ4n) is 3.00. The Balaban J connectivity index is 0.00000225. The maximum Gasteiger partial charge on any atom is 0.131 e. The van der Waals surface area contributed by atoms with E-state index in [1.165, 1.54) is 17.7 Å². The molecule has 0 aliphatic rings. The van der Waals surface area contributed by atoms with Crippen LogP contribution < -0.4 is 0 Å². The van der Waals surface area contributed by atoms with Gasteiger partial charge in [-0.15, -0.1) is 12.4 Å². The first-order chi connectivity index (χ1) is 11.7. The van der Waals surface area contributed by atoms with E-state index in [9.17, 15) is 9.50 Å². The van der Waals surface area contributed by atoms with Gasteiger partial charge in [0, 0.05) is 0 Å². The monoisotopic (exact) mass is 360 g/mol. The second-order valence-electron chi connectivity index (χ2n) is 6.03. The van der Waals surface area contributed by atoms with Gasteiger partial charge >= 0.3 is 0 Å². The van der Waals surface area contributed by atoms with Gasteiger partial charge < -0.3 is 10.1 Å². The number of rotatable bonds is 7. The van der Waals surface area contributed by atoms with Crippen molar-refractivity contribution in [3.05, 3.63) is 89.8 Å². The first-order valence-corrected chi connectivity index (χ1v) is 8.20. The molecule has 0 amide bonds. The number of aromatic nitrogens is 2. The summed E-state index contributed by atoms with van der Waals surface area (Å²) in [5, 5.41) is 11.2. The van der Waals surface area contributed by atoms with Gasteiger partial charge in [0.2, 0.25) is 0 Å². The quantitative estimate of drug-likeness (QED) is 0.604. The fourth-order valence-corrected chi connectivity index (χ4v) is 3.00. The zero-order valence-corrected chi connectivity index (χ0v) is 14.7. The molecule has 0 fully saturated rings. The molecule has 1 aromatic heterocycles. The van der Waals surface area contributed by atoms with Crippen LogP contribution in [0.5, 0.6) is 0 Å². The lowest BCUT2D eigenvalue weighted by Crippen LogP contribution is -2.28. The maximum absolute atomic E-state index is 13.2. The number of unbranched alkanes of at least 4 members (excludes halogenated alkanes) is 1. The van der Waals surface area contributed by atoms with E-state index in [1.54, 1.807) is 24.7 Å². The van der Waals surface area contributed by atoms with Gasteiger partial charge in [-0.25, -0.2) is 9.37 Å². The van der Waals surface area contributed by atoms with Crippen LogP contribution in [-0.2, 0) is 12.0 Å². The Hall–Kier alpha value is -2.17. The molecule has 25 heavy (non-hydrogen) atoms. The standard InChI is InChI=1S/C20H21FN2O.ClH/c21-18-11-9-17(10-12-18)20(24,19-14-22-15-23-19)13-5-4-8-16-6-2-1-3-7-16;/h1-3,6-7,9-12,14-15,24H,4-5,8,13H2,(H,22,23);1H. The Labute approximate surface area is 153 Å². The number of imidazole rings is 1. The average molecular weight is 361 g/mol. The Bertz CT molecular complexity index is 747. The molecule has 1 unspecified atom stereocenters. The predicted octanol–water partition coefficient (Wildman–Crippen LogP) is 4.62. The molecule has 3 rings (SSSR count). The molecule has 2 aromatic carbocycles. The lowest BCUT2D eigenvalue weighted by Gasteiger charge is -2.27. The normalized spacial score (nSPS) is 13.0. The molecular weight excluding hydrogens is 339 g/mol. The van der Waals surface area contributed by atoms with Crippen LogP contribution in [0.2, 0.25) is 0 Å². The van der Waals surface area contributed by atoms with E-state index >= 15 is 0 Å². The van der Waals surface area contributed by atoms with Crippen LogP contribution in [0, 0.1) is 5.82 Å². The summed E-state index contributed by atoms with van der Waals surface area (Å²) < 4.78 is 13.2. The number of halogens is 2. The summed E-state index contributed by atoms with van der Waals surface area (Å²) >= 11 is 0. The minimum absolute atomic E-state index is 0. The molecule has 0 aliphatic carbocycles. The molecule has 0 aliphatic heterocycles. The van der Waals surface area contributed by atoms with Crippen LogP contribution in [0.1, 0.15) is 36.1 Å². The minimum atomic E-state index is -1.18. The Morgan fingerprint density at radius 3 is 2.36 bits per heavy atom. The van der Waals surface area contributed by atoms with Gasteiger partial charge in [-0.1, -0.05) is 42.5 Å². The highest BCUT2D eigenvalue weighted by atomic mass is 35.5. The molecule has 1 atom stereocenters. The van der Waals surface area contributed by atoms with Crippen molar-refractivity contribution >= 4 is 12.4 Å². The third kappa shape index (κ3) is 4.68. The van der Waals surface area contributed by atoms with Crippen LogP contribution in [0.15, 0.2) is 67.1 Å². The molecule has 3 aromatic rings. The second kappa shape index (κ2) is 8.79. The molecule has 0 spiro atoms. The van der Waals surface area contributed by atoms with Gasteiger partial charge in [0.25, 0.3) is 0 Å².